The summed E-state index contributed by atoms with van der Waals surface area (Å²) in [6.45, 7) is 4.48. The Kier molecular flexibility index (Phi) is 4.62. The summed E-state index contributed by atoms with van der Waals surface area (Å²) in [5.41, 5.74) is 1.27. The Hall–Kier alpha value is -1.22. The molecule has 3 nitrogen and oxygen atoms in total. The number of halogens is 1. The number of carbonyl (C=O) groups is 1. The van der Waals surface area contributed by atoms with Crippen LogP contribution in [0.2, 0.25) is 5.02 Å². The third-order valence-electron chi connectivity index (χ3n) is 2.10. The molecule has 0 radical (unpaired) electrons. The van der Waals surface area contributed by atoms with Gasteiger partial charge >= 0.3 is 5.97 Å². The molecule has 0 aromatic heterocycles. The van der Waals surface area contributed by atoms with Crippen molar-refractivity contribution in [2.75, 3.05) is 13.7 Å². The summed E-state index contributed by atoms with van der Waals surface area (Å²) in [4.78, 5) is 11.3. The monoisotopic (exact) mass is 242 g/mol. The first-order valence-corrected chi connectivity index (χ1v) is 5.49. The largest absolute Gasteiger partial charge is 0.492 e. The first-order valence-electron chi connectivity index (χ1n) is 5.11. The number of carbonyl (C=O) groups excluding carboxylic acids is 1. The summed E-state index contributed by atoms with van der Waals surface area (Å²) in [6, 6.07) is 3.27. The average molecular weight is 243 g/mol. The van der Waals surface area contributed by atoms with E-state index in [9.17, 15) is 4.79 Å². The van der Waals surface area contributed by atoms with Crippen LogP contribution in [0.1, 0.15) is 29.3 Å². The highest BCUT2D eigenvalue weighted by molar-refractivity contribution is 6.32. The third-order valence-corrected chi connectivity index (χ3v) is 2.38. The maximum atomic E-state index is 11.3. The molecule has 4 heteroatoms. The van der Waals surface area contributed by atoms with Gasteiger partial charge in [0.05, 0.1) is 24.3 Å². The smallest absolute Gasteiger partial charge is 0.337 e. The van der Waals surface area contributed by atoms with Crippen molar-refractivity contribution in [3.05, 3.63) is 28.3 Å². The second-order valence-electron chi connectivity index (χ2n) is 3.44. The van der Waals surface area contributed by atoms with Gasteiger partial charge in [-0.3, -0.25) is 0 Å². The zero-order valence-electron chi connectivity index (χ0n) is 9.67. The second kappa shape index (κ2) is 5.75. The van der Waals surface area contributed by atoms with Gasteiger partial charge in [-0.05, 0) is 31.0 Å². The van der Waals surface area contributed by atoms with Gasteiger partial charge in [0.25, 0.3) is 0 Å². The van der Waals surface area contributed by atoms with Crippen molar-refractivity contribution in [1.82, 2.24) is 0 Å². The number of aryl methyl sites for hydroxylation is 1. The standard InChI is InChI=1S/C12H15ClO3/c1-4-5-16-11-8(2)6-9(7-10(11)13)12(14)15-3/h6-7H,4-5H2,1-3H3. The number of rotatable bonds is 4. The lowest BCUT2D eigenvalue weighted by molar-refractivity contribution is 0.0600. The van der Waals surface area contributed by atoms with E-state index in [2.05, 4.69) is 4.74 Å². The van der Waals surface area contributed by atoms with E-state index in [4.69, 9.17) is 16.3 Å². The first-order chi connectivity index (χ1) is 7.60. The highest BCUT2D eigenvalue weighted by atomic mass is 35.5. The van der Waals surface area contributed by atoms with Crippen molar-refractivity contribution in [3.8, 4) is 5.75 Å². The molecule has 0 aliphatic heterocycles. The van der Waals surface area contributed by atoms with Gasteiger partial charge in [0.2, 0.25) is 0 Å². The maximum Gasteiger partial charge on any atom is 0.337 e. The van der Waals surface area contributed by atoms with Crippen molar-refractivity contribution in [2.24, 2.45) is 0 Å². The van der Waals surface area contributed by atoms with Gasteiger partial charge in [0.1, 0.15) is 5.75 Å². The molecule has 0 saturated carbocycles. The molecule has 16 heavy (non-hydrogen) atoms. The minimum absolute atomic E-state index is 0.396. The van der Waals surface area contributed by atoms with Gasteiger partial charge in [-0.25, -0.2) is 4.79 Å². The number of hydrogen-bond acceptors (Lipinski definition) is 3. The Labute approximate surface area is 100 Å². The van der Waals surface area contributed by atoms with E-state index in [0.717, 1.165) is 12.0 Å². The van der Waals surface area contributed by atoms with Gasteiger partial charge in [0.15, 0.2) is 0 Å². The van der Waals surface area contributed by atoms with Crippen LogP contribution >= 0.6 is 11.6 Å². The molecule has 1 rings (SSSR count). The summed E-state index contributed by atoms with van der Waals surface area (Å²) >= 11 is 6.04. The summed E-state index contributed by atoms with van der Waals surface area (Å²) < 4.78 is 10.1. The average Bonchev–Trinajstić information content (AvgIpc) is 2.26. The second-order valence-corrected chi connectivity index (χ2v) is 3.85. The predicted octanol–water partition coefficient (Wildman–Crippen LogP) is 3.22. The molecular formula is C12H15ClO3. The molecule has 0 atom stereocenters. The van der Waals surface area contributed by atoms with E-state index in [1.165, 1.54) is 7.11 Å². The molecule has 0 N–H and O–H groups in total. The molecule has 0 saturated heterocycles. The van der Waals surface area contributed by atoms with Crippen LogP contribution in [0.4, 0.5) is 0 Å². The van der Waals surface area contributed by atoms with E-state index in [0.29, 0.717) is 22.9 Å². The minimum Gasteiger partial charge on any atom is -0.492 e. The Morgan fingerprint density at radius 2 is 2.12 bits per heavy atom. The lowest BCUT2D eigenvalue weighted by atomic mass is 10.1. The van der Waals surface area contributed by atoms with Gasteiger partial charge in [-0.1, -0.05) is 18.5 Å². The zero-order chi connectivity index (χ0) is 12.1. The van der Waals surface area contributed by atoms with Crippen LogP contribution in [0.15, 0.2) is 12.1 Å². The fraction of sp³-hybridized carbons (Fsp3) is 0.417. The van der Waals surface area contributed by atoms with E-state index < -0.39 is 5.97 Å². The van der Waals surface area contributed by atoms with Crippen molar-refractivity contribution in [2.45, 2.75) is 20.3 Å². The number of esters is 1. The molecule has 0 aliphatic carbocycles. The zero-order valence-corrected chi connectivity index (χ0v) is 10.4. The minimum atomic E-state index is -0.396. The highest BCUT2D eigenvalue weighted by Gasteiger charge is 2.12. The van der Waals surface area contributed by atoms with Crippen LogP contribution in [-0.2, 0) is 4.74 Å². The van der Waals surface area contributed by atoms with Crippen LogP contribution in [0.5, 0.6) is 5.75 Å². The summed E-state index contributed by atoms with van der Waals surface area (Å²) in [5, 5.41) is 0.439. The Morgan fingerprint density at radius 3 is 2.62 bits per heavy atom. The number of benzene rings is 1. The molecule has 0 bridgehead atoms. The number of hydrogen-bond donors (Lipinski definition) is 0. The van der Waals surface area contributed by atoms with E-state index in [1.54, 1.807) is 12.1 Å². The Morgan fingerprint density at radius 1 is 1.44 bits per heavy atom. The van der Waals surface area contributed by atoms with Gasteiger partial charge in [-0.2, -0.15) is 0 Å². The molecule has 0 spiro atoms. The van der Waals surface area contributed by atoms with Crippen molar-refractivity contribution in [3.63, 3.8) is 0 Å². The van der Waals surface area contributed by atoms with E-state index in [-0.39, 0.29) is 0 Å². The highest BCUT2D eigenvalue weighted by Crippen LogP contribution is 2.30. The maximum absolute atomic E-state index is 11.3. The lowest BCUT2D eigenvalue weighted by Crippen LogP contribution is -2.04. The quantitative estimate of drug-likeness (QED) is 0.761. The summed E-state index contributed by atoms with van der Waals surface area (Å²) in [5.74, 6) is 0.239. The Balaban J connectivity index is 3.02. The van der Waals surface area contributed by atoms with Crippen LogP contribution < -0.4 is 4.74 Å². The normalized spacial score (nSPS) is 10.0. The van der Waals surface area contributed by atoms with E-state index in [1.807, 2.05) is 13.8 Å². The van der Waals surface area contributed by atoms with Crippen molar-refractivity contribution >= 4 is 17.6 Å². The van der Waals surface area contributed by atoms with E-state index >= 15 is 0 Å². The number of methoxy groups -OCH3 is 1. The topological polar surface area (TPSA) is 35.5 Å². The fourth-order valence-electron chi connectivity index (χ4n) is 1.35. The molecule has 0 fully saturated rings. The van der Waals surface area contributed by atoms with Crippen LogP contribution in [-0.4, -0.2) is 19.7 Å². The lowest BCUT2D eigenvalue weighted by Gasteiger charge is -2.11. The Bertz CT molecular complexity index is 365. The van der Waals surface area contributed by atoms with Gasteiger partial charge in [-0.15, -0.1) is 0 Å². The first kappa shape index (κ1) is 12.8. The number of ether oxygens (including phenoxy) is 2. The molecule has 0 aliphatic rings. The molecule has 0 unspecified atom stereocenters. The fourth-order valence-corrected chi connectivity index (χ4v) is 1.67. The molecular weight excluding hydrogens is 228 g/mol. The van der Waals surface area contributed by atoms with Crippen molar-refractivity contribution < 1.29 is 14.3 Å². The molecule has 0 heterocycles. The van der Waals surface area contributed by atoms with Crippen LogP contribution in [0.3, 0.4) is 0 Å². The van der Waals surface area contributed by atoms with Gasteiger partial charge in [0, 0.05) is 0 Å². The van der Waals surface area contributed by atoms with Crippen molar-refractivity contribution in [1.29, 1.82) is 0 Å². The van der Waals surface area contributed by atoms with Crippen LogP contribution in [0.25, 0.3) is 0 Å². The predicted molar refractivity (Wildman–Crippen MR) is 63.3 cm³/mol. The molecule has 1 aromatic rings. The van der Waals surface area contributed by atoms with Crippen LogP contribution in [0, 0.1) is 6.92 Å². The molecule has 88 valence electrons. The third kappa shape index (κ3) is 2.89. The SMILES string of the molecule is CCCOc1c(C)cc(C(=O)OC)cc1Cl. The molecule has 0 amide bonds. The van der Waals surface area contributed by atoms with Gasteiger partial charge < -0.3 is 9.47 Å². The summed E-state index contributed by atoms with van der Waals surface area (Å²) in [7, 11) is 1.34. The molecule has 1 aromatic carbocycles. The summed E-state index contributed by atoms with van der Waals surface area (Å²) in [6.07, 6.45) is 0.911.